The Morgan fingerprint density at radius 3 is 2.63 bits per heavy atom. The lowest BCUT2D eigenvalue weighted by Crippen LogP contribution is -2.30. The maximum atomic E-state index is 5.65. The van der Waals surface area contributed by atoms with Gasteiger partial charge < -0.3 is 0 Å². The van der Waals surface area contributed by atoms with Crippen LogP contribution in [0.3, 0.4) is 0 Å². The van der Waals surface area contributed by atoms with Crippen molar-refractivity contribution in [3.8, 4) is 0 Å². The van der Waals surface area contributed by atoms with Crippen LogP contribution in [0.2, 0.25) is 0 Å². The molecular formula is C13H20N6. The summed E-state index contributed by atoms with van der Waals surface area (Å²) < 4.78 is 2.02. The van der Waals surface area contributed by atoms with Crippen molar-refractivity contribution in [2.24, 2.45) is 5.84 Å². The Kier molecular flexibility index (Phi) is 4.59. The molecule has 0 bridgehead atoms. The summed E-state index contributed by atoms with van der Waals surface area (Å²) in [5.74, 6) is 5.65. The van der Waals surface area contributed by atoms with Crippen molar-refractivity contribution in [3.63, 3.8) is 0 Å². The van der Waals surface area contributed by atoms with Crippen LogP contribution in [0.5, 0.6) is 0 Å². The third-order valence-electron chi connectivity index (χ3n) is 3.17. The molecule has 2 aromatic heterocycles. The van der Waals surface area contributed by atoms with E-state index in [1.165, 1.54) is 12.0 Å². The molecule has 1 atom stereocenters. The van der Waals surface area contributed by atoms with Gasteiger partial charge in [0, 0.05) is 36.6 Å². The summed E-state index contributed by atoms with van der Waals surface area (Å²) in [4.78, 5) is 8.06. The normalized spacial score (nSPS) is 12.6. The monoisotopic (exact) mass is 260 g/mol. The lowest BCUT2D eigenvalue weighted by atomic mass is 10.1. The van der Waals surface area contributed by atoms with Crippen LogP contribution in [0.15, 0.2) is 24.8 Å². The average molecular weight is 260 g/mol. The van der Waals surface area contributed by atoms with Gasteiger partial charge in [0.1, 0.15) is 6.33 Å². The van der Waals surface area contributed by atoms with E-state index in [0.29, 0.717) is 0 Å². The summed E-state index contributed by atoms with van der Waals surface area (Å²) >= 11 is 0. The number of hydrogen-bond acceptors (Lipinski definition) is 5. The highest BCUT2D eigenvalue weighted by Crippen LogP contribution is 2.17. The van der Waals surface area contributed by atoms with E-state index in [1.54, 1.807) is 12.4 Å². The highest BCUT2D eigenvalue weighted by Gasteiger charge is 2.15. The minimum Gasteiger partial charge on any atom is -0.271 e. The number of aromatic nitrogens is 4. The molecule has 0 saturated carbocycles. The molecule has 2 rings (SSSR count). The first-order chi connectivity index (χ1) is 9.28. The second kappa shape index (κ2) is 6.40. The smallest absolute Gasteiger partial charge is 0.115 e. The second-order valence-electron chi connectivity index (χ2n) is 4.39. The van der Waals surface area contributed by atoms with Gasteiger partial charge in [-0.2, -0.15) is 5.10 Å². The van der Waals surface area contributed by atoms with Crippen LogP contribution in [0.25, 0.3) is 0 Å². The Morgan fingerprint density at radius 1 is 1.32 bits per heavy atom. The van der Waals surface area contributed by atoms with Crippen molar-refractivity contribution in [3.05, 3.63) is 41.7 Å². The molecule has 0 fully saturated rings. The van der Waals surface area contributed by atoms with E-state index in [-0.39, 0.29) is 6.04 Å². The van der Waals surface area contributed by atoms with Gasteiger partial charge >= 0.3 is 0 Å². The van der Waals surface area contributed by atoms with Gasteiger partial charge in [0.05, 0.1) is 11.7 Å². The molecule has 19 heavy (non-hydrogen) atoms. The van der Waals surface area contributed by atoms with Gasteiger partial charge in [0.15, 0.2) is 0 Å². The van der Waals surface area contributed by atoms with Crippen molar-refractivity contribution in [2.45, 2.75) is 39.3 Å². The SMILES string of the molecule is CCc1cc(CC(NN)c2cncnc2)n(CC)n1. The average Bonchev–Trinajstić information content (AvgIpc) is 2.87. The van der Waals surface area contributed by atoms with E-state index in [9.17, 15) is 0 Å². The zero-order valence-corrected chi connectivity index (χ0v) is 11.4. The van der Waals surface area contributed by atoms with Gasteiger partial charge in [-0.25, -0.2) is 9.97 Å². The third-order valence-corrected chi connectivity index (χ3v) is 3.17. The van der Waals surface area contributed by atoms with Gasteiger partial charge in [0.25, 0.3) is 0 Å². The summed E-state index contributed by atoms with van der Waals surface area (Å²) in [7, 11) is 0. The molecule has 2 heterocycles. The fraction of sp³-hybridized carbons (Fsp3) is 0.462. The second-order valence-corrected chi connectivity index (χ2v) is 4.39. The fourth-order valence-electron chi connectivity index (χ4n) is 2.10. The van der Waals surface area contributed by atoms with Gasteiger partial charge in [0.2, 0.25) is 0 Å². The molecule has 0 saturated heterocycles. The Morgan fingerprint density at radius 2 is 2.05 bits per heavy atom. The molecule has 102 valence electrons. The van der Waals surface area contributed by atoms with Gasteiger partial charge in [-0.05, 0) is 19.4 Å². The van der Waals surface area contributed by atoms with Gasteiger partial charge in [-0.3, -0.25) is 16.0 Å². The molecule has 1 unspecified atom stereocenters. The van der Waals surface area contributed by atoms with Crippen LogP contribution in [0.4, 0.5) is 0 Å². The highest BCUT2D eigenvalue weighted by atomic mass is 15.3. The molecule has 0 aromatic carbocycles. The van der Waals surface area contributed by atoms with E-state index in [2.05, 4.69) is 40.4 Å². The summed E-state index contributed by atoms with van der Waals surface area (Å²) in [5.41, 5.74) is 6.08. The molecule has 0 aliphatic heterocycles. The van der Waals surface area contributed by atoms with E-state index < -0.39 is 0 Å². The van der Waals surface area contributed by atoms with Crippen molar-refractivity contribution in [1.29, 1.82) is 0 Å². The molecule has 2 aromatic rings. The fourth-order valence-corrected chi connectivity index (χ4v) is 2.10. The van der Waals surface area contributed by atoms with Crippen LogP contribution in [0, 0.1) is 0 Å². The molecule has 0 amide bonds. The van der Waals surface area contributed by atoms with Crippen molar-refractivity contribution >= 4 is 0 Å². The maximum absolute atomic E-state index is 5.65. The molecule has 6 heteroatoms. The van der Waals surface area contributed by atoms with Crippen LogP contribution < -0.4 is 11.3 Å². The third kappa shape index (κ3) is 3.15. The number of aryl methyl sites for hydroxylation is 2. The first-order valence-corrected chi connectivity index (χ1v) is 6.55. The molecule has 3 N–H and O–H groups in total. The van der Waals surface area contributed by atoms with Crippen molar-refractivity contribution < 1.29 is 0 Å². The number of nitrogens with zero attached hydrogens (tertiary/aromatic N) is 4. The van der Waals surface area contributed by atoms with Gasteiger partial charge in [-0.1, -0.05) is 6.92 Å². The number of rotatable bonds is 6. The van der Waals surface area contributed by atoms with Crippen LogP contribution >= 0.6 is 0 Å². The van der Waals surface area contributed by atoms with Crippen molar-refractivity contribution in [2.75, 3.05) is 0 Å². The Labute approximate surface area is 113 Å². The lowest BCUT2D eigenvalue weighted by Gasteiger charge is -2.15. The Hall–Kier alpha value is -1.79. The summed E-state index contributed by atoms with van der Waals surface area (Å²) in [6.07, 6.45) is 6.79. The Bertz CT molecular complexity index is 507. The van der Waals surface area contributed by atoms with E-state index in [1.807, 2.05) is 4.68 Å². The van der Waals surface area contributed by atoms with Crippen LogP contribution in [0.1, 0.15) is 36.8 Å². The maximum Gasteiger partial charge on any atom is 0.115 e. The van der Waals surface area contributed by atoms with Gasteiger partial charge in [-0.15, -0.1) is 0 Å². The predicted octanol–water partition coefficient (Wildman–Crippen LogP) is 1.00. The standard InChI is InChI=1S/C13H20N6/c1-3-11-5-12(19(4-2)18-11)6-13(17-14)10-7-15-9-16-8-10/h5,7-9,13,17H,3-4,6,14H2,1-2H3. The van der Waals surface area contributed by atoms with E-state index in [0.717, 1.165) is 30.6 Å². The zero-order chi connectivity index (χ0) is 13.7. The summed E-state index contributed by atoms with van der Waals surface area (Å²) in [5, 5.41) is 4.55. The molecule has 0 aliphatic rings. The number of hydrazine groups is 1. The first kappa shape index (κ1) is 13.6. The highest BCUT2D eigenvalue weighted by molar-refractivity contribution is 5.17. The number of nitrogens with two attached hydrogens (primary N) is 1. The molecule has 0 spiro atoms. The van der Waals surface area contributed by atoms with Crippen LogP contribution in [-0.4, -0.2) is 19.7 Å². The van der Waals surface area contributed by atoms with Crippen molar-refractivity contribution in [1.82, 2.24) is 25.2 Å². The summed E-state index contributed by atoms with van der Waals surface area (Å²) in [6.45, 7) is 5.06. The summed E-state index contributed by atoms with van der Waals surface area (Å²) in [6, 6.07) is 2.13. The minimum absolute atomic E-state index is 0.00657. The minimum atomic E-state index is -0.00657. The Balaban J connectivity index is 2.21. The van der Waals surface area contributed by atoms with Crippen LogP contribution in [-0.2, 0) is 19.4 Å². The largest absolute Gasteiger partial charge is 0.271 e. The first-order valence-electron chi connectivity index (χ1n) is 6.55. The predicted molar refractivity (Wildman–Crippen MR) is 73.1 cm³/mol. The van der Waals surface area contributed by atoms with E-state index >= 15 is 0 Å². The molecule has 0 radical (unpaired) electrons. The number of hydrogen-bond donors (Lipinski definition) is 2. The zero-order valence-electron chi connectivity index (χ0n) is 11.4. The molecule has 6 nitrogen and oxygen atoms in total. The van der Waals surface area contributed by atoms with E-state index in [4.69, 9.17) is 5.84 Å². The quantitative estimate of drug-likeness (QED) is 0.598. The number of nitrogens with one attached hydrogen (secondary N) is 1. The lowest BCUT2D eigenvalue weighted by molar-refractivity contribution is 0.514. The molecular weight excluding hydrogens is 240 g/mol. The topological polar surface area (TPSA) is 81.6 Å². The molecule has 0 aliphatic carbocycles.